The molecule has 1 aromatic carbocycles. The number of fused-ring (bicyclic) bond motifs is 6. The molecule has 4 aliphatic carbocycles. The minimum atomic E-state index is -0.0306. The van der Waals surface area contributed by atoms with Crippen LogP contribution in [0.4, 0.5) is 0 Å². The van der Waals surface area contributed by atoms with Crippen LogP contribution in [0.1, 0.15) is 90.8 Å². The highest BCUT2D eigenvalue weighted by molar-refractivity contribution is 5.74. The van der Waals surface area contributed by atoms with Crippen LogP contribution in [-0.4, -0.2) is 21.2 Å². The van der Waals surface area contributed by atoms with Crippen molar-refractivity contribution < 1.29 is 5.11 Å². The molecule has 180 valence electrons. The van der Waals surface area contributed by atoms with E-state index in [1.165, 1.54) is 56.9 Å². The third kappa shape index (κ3) is 3.51. The van der Waals surface area contributed by atoms with Gasteiger partial charge in [0, 0.05) is 6.42 Å². The summed E-state index contributed by atoms with van der Waals surface area (Å²) in [7, 11) is 0. The van der Waals surface area contributed by atoms with Crippen LogP contribution in [0.15, 0.2) is 24.3 Å². The van der Waals surface area contributed by atoms with Gasteiger partial charge in [-0.05, 0) is 123 Å². The molecule has 2 aromatic rings. The minimum Gasteiger partial charge on any atom is -0.393 e. The molecule has 0 saturated heterocycles. The summed E-state index contributed by atoms with van der Waals surface area (Å²) >= 11 is 0. The molecule has 1 aromatic heterocycles. The molecule has 3 nitrogen and oxygen atoms in total. The van der Waals surface area contributed by atoms with Crippen LogP contribution in [0.5, 0.6) is 0 Å². The lowest BCUT2D eigenvalue weighted by atomic mass is 9.44. The summed E-state index contributed by atoms with van der Waals surface area (Å²) in [5.41, 5.74) is 3.30. The molecule has 0 radical (unpaired) electrons. The van der Waals surface area contributed by atoms with E-state index >= 15 is 0 Å². The van der Waals surface area contributed by atoms with E-state index in [-0.39, 0.29) is 6.10 Å². The predicted octanol–water partition coefficient (Wildman–Crippen LogP) is 7.15. The minimum absolute atomic E-state index is 0.0306. The first-order valence-electron chi connectivity index (χ1n) is 14.0. The Balaban J connectivity index is 1.15. The van der Waals surface area contributed by atoms with Gasteiger partial charge in [0.15, 0.2) is 0 Å². The zero-order valence-electron chi connectivity index (χ0n) is 21.0. The summed E-state index contributed by atoms with van der Waals surface area (Å²) < 4.78 is 0. The fraction of sp³-hybridized carbons (Fsp3) is 0.767. The Morgan fingerprint density at radius 3 is 2.64 bits per heavy atom. The van der Waals surface area contributed by atoms with E-state index in [4.69, 9.17) is 4.98 Å². The second-order valence-corrected chi connectivity index (χ2v) is 13.0. The van der Waals surface area contributed by atoms with Crippen molar-refractivity contribution in [3.8, 4) is 0 Å². The molecule has 4 fully saturated rings. The first-order valence-corrected chi connectivity index (χ1v) is 14.0. The Hall–Kier alpha value is -1.35. The smallest absolute Gasteiger partial charge is 0.107 e. The molecule has 2 N–H and O–H groups in total. The van der Waals surface area contributed by atoms with Crippen molar-refractivity contribution in [2.24, 2.45) is 46.3 Å². The molecule has 3 heteroatoms. The number of rotatable bonds is 4. The molecule has 33 heavy (non-hydrogen) atoms. The first kappa shape index (κ1) is 22.1. The molecular formula is C30H44N2O. The lowest BCUT2D eigenvalue weighted by molar-refractivity contribution is -0.129. The molecule has 0 aliphatic heterocycles. The standard InChI is InChI=1S/C30H44N2O/c1-19(8-13-28-31-26-6-4-5-7-27(26)32-28)23-11-12-24-22-10-9-20-18-21(33)14-16-29(20,2)25(22)15-17-30(23,24)3/h4-7,19-25,33H,8-18H2,1-3H3,(H,31,32)/t19?,20-,21-,22?,23?,24?,25?,29+,30-/m1/s1. The number of aromatic nitrogens is 2. The maximum absolute atomic E-state index is 10.3. The lowest BCUT2D eigenvalue weighted by Crippen LogP contribution is -2.54. The summed E-state index contributed by atoms with van der Waals surface area (Å²) in [6, 6.07) is 8.42. The SMILES string of the molecule is CC(CCc1nc2ccccc2[nH]1)C1CCC2C3CC[C@@H]4C[C@H](O)CC[C@]4(C)C3CC[C@]12C. The zero-order valence-corrected chi connectivity index (χ0v) is 21.0. The number of para-hydroxylation sites is 2. The first-order chi connectivity index (χ1) is 15.9. The number of imidazole rings is 1. The third-order valence-corrected chi connectivity index (χ3v) is 11.7. The van der Waals surface area contributed by atoms with E-state index in [2.05, 4.69) is 50.0 Å². The van der Waals surface area contributed by atoms with Crippen LogP contribution in [0.3, 0.4) is 0 Å². The number of aryl methyl sites for hydroxylation is 1. The highest BCUT2D eigenvalue weighted by Gasteiger charge is 2.60. The van der Waals surface area contributed by atoms with E-state index in [9.17, 15) is 5.11 Å². The van der Waals surface area contributed by atoms with Gasteiger partial charge < -0.3 is 10.1 Å². The van der Waals surface area contributed by atoms with Crippen LogP contribution >= 0.6 is 0 Å². The largest absolute Gasteiger partial charge is 0.393 e. The molecule has 5 unspecified atom stereocenters. The van der Waals surface area contributed by atoms with Crippen LogP contribution < -0.4 is 0 Å². The number of aliphatic hydroxyl groups excluding tert-OH is 1. The summed E-state index contributed by atoms with van der Waals surface area (Å²) in [4.78, 5) is 8.39. The van der Waals surface area contributed by atoms with Crippen LogP contribution in [0.25, 0.3) is 11.0 Å². The van der Waals surface area contributed by atoms with Crippen LogP contribution in [0.2, 0.25) is 0 Å². The lowest BCUT2D eigenvalue weighted by Gasteiger charge is -2.61. The van der Waals surface area contributed by atoms with E-state index in [0.29, 0.717) is 10.8 Å². The van der Waals surface area contributed by atoms with Crippen molar-refractivity contribution in [2.45, 2.75) is 97.5 Å². The monoisotopic (exact) mass is 448 g/mol. The second-order valence-electron chi connectivity index (χ2n) is 13.0. The van der Waals surface area contributed by atoms with E-state index in [1.807, 2.05) is 0 Å². The topological polar surface area (TPSA) is 48.9 Å². The van der Waals surface area contributed by atoms with Crippen molar-refractivity contribution in [1.29, 1.82) is 0 Å². The Labute approximate surface area is 200 Å². The maximum Gasteiger partial charge on any atom is 0.107 e. The van der Waals surface area contributed by atoms with Gasteiger partial charge in [-0.15, -0.1) is 0 Å². The van der Waals surface area contributed by atoms with Gasteiger partial charge in [0.25, 0.3) is 0 Å². The van der Waals surface area contributed by atoms with E-state index in [1.54, 1.807) is 0 Å². The number of nitrogens with zero attached hydrogens (tertiary/aromatic N) is 1. The fourth-order valence-corrected chi connectivity index (χ4v) is 9.90. The number of benzene rings is 1. The van der Waals surface area contributed by atoms with Gasteiger partial charge in [0.05, 0.1) is 17.1 Å². The summed E-state index contributed by atoms with van der Waals surface area (Å²) in [6.07, 6.45) is 14.2. The number of hydrogen-bond donors (Lipinski definition) is 2. The van der Waals surface area contributed by atoms with Crippen LogP contribution in [0, 0.1) is 46.3 Å². The van der Waals surface area contributed by atoms with Gasteiger partial charge >= 0.3 is 0 Å². The van der Waals surface area contributed by atoms with Crippen LogP contribution in [-0.2, 0) is 6.42 Å². The molecule has 1 heterocycles. The van der Waals surface area contributed by atoms with Gasteiger partial charge in [-0.2, -0.15) is 0 Å². The second kappa shape index (κ2) is 8.11. The molecule has 6 rings (SSSR count). The number of H-pyrrole nitrogens is 1. The number of nitrogens with one attached hydrogen (secondary N) is 1. The Bertz CT molecular complexity index is 965. The van der Waals surface area contributed by atoms with Crippen molar-refractivity contribution in [2.75, 3.05) is 0 Å². The summed E-state index contributed by atoms with van der Waals surface area (Å²) in [5.74, 6) is 6.34. The van der Waals surface area contributed by atoms with Crippen molar-refractivity contribution in [3.63, 3.8) is 0 Å². The molecule has 4 saturated carbocycles. The Kier molecular flexibility index (Phi) is 5.44. The highest BCUT2D eigenvalue weighted by Crippen LogP contribution is 2.68. The molecule has 4 aliphatic rings. The summed E-state index contributed by atoms with van der Waals surface area (Å²) in [6.45, 7) is 7.83. The van der Waals surface area contributed by atoms with Crippen molar-refractivity contribution in [3.05, 3.63) is 30.1 Å². The van der Waals surface area contributed by atoms with Crippen molar-refractivity contribution in [1.82, 2.24) is 9.97 Å². The number of aromatic amines is 1. The molecular weight excluding hydrogens is 404 g/mol. The molecule has 0 bridgehead atoms. The number of hydrogen-bond acceptors (Lipinski definition) is 2. The van der Waals surface area contributed by atoms with Gasteiger partial charge in [0.1, 0.15) is 5.82 Å². The predicted molar refractivity (Wildman–Crippen MR) is 135 cm³/mol. The van der Waals surface area contributed by atoms with E-state index in [0.717, 1.165) is 66.1 Å². The molecule has 0 amide bonds. The zero-order chi connectivity index (χ0) is 22.8. The number of aliphatic hydroxyl groups is 1. The van der Waals surface area contributed by atoms with Crippen molar-refractivity contribution >= 4 is 11.0 Å². The third-order valence-electron chi connectivity index (χ3n) is 11.7. The van der Waals surface area contributed by atoms with Gasteiger partial charge in [-0.3, -0.25) is 0 Å². The quantitative estimate of drug-likeness (QED) is 0.522. The molecule has 9 atom stereocenters. The Morgan fingerprint density at radius 1 is 1.00 bits per heavy atom. The maximum atomic E-state index is 10.3. The highest BCUT2D eigenvalue weighted by atomic mass is 16.3. The van der Waals surface area contributed by atoms with Gasteiger partial charge in [-0.25, -0.2) is 4.98 Å². The average molecular weight is 449 g/mol. The Morgan fingerprint density at radius 2 is 1.79 bits per heavy atom. The fourth-order valence-electron chi connectivity index (χ4n) is 9.90. The molecule has 0 spiro atoms. The average Bonchev–Trinajstić information content (AvgIpc) is 3.38. The normalized spacial score (nSPS) is 43.6. The van der Waals surface area contributed by atoms with E-state index < -0.39 is 0 Å². The van der Waals surface area contributed by atoms with Gasteiger partial charge in [0.2, 0.25) is 0 Å². The summed E-state index contributed by atoms with van der Waals surface area (Å²) in [5, 5.41) is 10.3. The van der Waals surface area contributed by atoms with Gasteiger partial charge in [-0.1, -0.05) is 32.9 Å².